The number of aryl methyl sites for hydroxylation is 2. The van der Waals surface area contributed by atoms with E-state index in [1.807, 2.05) is 41.0 Å². The van der Waals surface area contributed by atoms with Crippen LogP contribution in [0.15, 0.2) is 59.6 Å². The zero-order chi connectivity index (χ0) is 29.1. The average Bonchev–Trinajstić information content (AvgIpc) is 2.98. The van der Waals surface area contributed by atoms with E-state index in [-0.39, 0.29) is 5.91 Å². The van der Waals surface area contributed by atoms with Crippen LogP contribution in [0.1, 0.15) is 32.6 Å². The maximum absolute atomic E-state index is 13.7. The summed E-state index contributed by atoms with van der Waals surface area (Å²) in [6.45, 7) is 10.6. The first kappa shape index (κ1) is 28.6. The number of hydrogen-bond acceptors (Lipinski definition) is 8. The molecule has 2 aromatic carbocycles. The van der Waals surface area contributed by atoms with Gasteiger partial charge in [-0.2, -0.15) is 5.26 Å². The number of benzene rings is 2. The van der Waals surface area contributed by atoms with Gasteiger partial charge in [-0.1, -0.05) is 18.2 Å². The van der Waals surface area contributed by atoms with Crippen molar-refractivity contribution in [3.05, 3.63) is 82.5 Å². The highest BCUT2D eigenvalue weighted by Crippen LogP contribution is 2.26. The number of pyridine rings is 1. The largest absolute Gasteiger partial charge is 0.368 e. The Bertz CT molecular complexity index is 1580. The predicted octanol–water partition coefficient (Wildman–Crippen LogP) is 3.89. The minimum atomic E-state index is -2.91. The third-order valence-corrected chi connectivity index (χ3v) is 9.24. The average molecular weight is 572 g/mol. The van der Waals surface area contributed by atoms with E-state index in [0.717, 1.165) is 55.1 Å². The molecule has 0 radical (unpaired) electrons. The van der Waals surface area contributed by atoms with Gasteiger partial charge >= 0.3 is 0 Å². The number of para-hydroxylation sites is 1. The van der Waals surface area contributed by atoms with Crippen LogP contribution < -0.4 is 9.80 Å². The molecule has 2 saturated heterocycles. The summed E-state index contributed by atoms with van der Waals surface area (Å²) < 4.78 is 20.5. The Morgan fingerprint density at radius 1 is 0.951 bits per heavy atom. The molecule has 2 fully saturated rings. The smallest absolute Gasteiger partial charge is 0.254 e. The number of aromatic nitrogens is 1. The van der Waals surface area contributed by atoms with Gasteiger partial charge in [-0.05, 0) is 60.9 Å². The van der Waals surface area contributed by atoms with Crippen LogP contribution in [-0.2, 0) is 16.3 Å². The van der Waals surface area contributed by atoms with Crippen LogP contribution in [0, 0.1) is 30.0 Å². The molecule has 10 heteroatoms. The van der Waals surface area contributed by atoms with Crippen LogP contribution in [0.5, 0.6) is 0 Å². The molecule has 5 rings (SSSR count). The minimum Gasteiger partial charge on any atom is -0.368 e. The van der Waals surface area contributed by atoms with Crippen molar-refractivity contribution in [1.82, 2.24) is 14.8 Å². The van der Waals surface area contributed by atoms with Gasteiger partial charge in [-0.3, -0.25) is 9.69 Å². The first-order chi connectivity index (χ1) is 19.7. The number of piperazine rings is 2. The Kier molecular flexibility index (Phi) is 8.29. The van der Waals surface area contributed by atoms with Gasteiger partial charge in [0, 0.05) is 76.9 Å². The van der Waals surface area contributed by atoms with E-state index in [2.05, 4.69) is 39.9 Å². The summed E-state index contributed by atoms with van der Waals surface area (Å²) in [4.78, 5) is 27.1. The first-order valence-electron chi connectivity index (χ1n) is 14.0. The molecule has 0 spiro atoms. The molecule has 0 aliphatic carbocycles. The number of amides is 1. The van der Waals surface area contributed by atoms with E-state index in [1.165, 1.54) is 11.8 Å². The summed E-state index contributed by atoms with van der Waals surface area (Å²) in [6.07, 6.45) is 3.07. The van der Waals surface area contributed by atoms with Gasteiger partial charge in [0.1, 0.15) is 11.9 Å². The molecule has 9 nitrogen and oxygen atoms in total. The second-order valence-electron chi connectivity index (χ2n) is 10.9. The number of nitrogens with one attached hydrogen (secondary N) is 1. The maximum Gasteiger partial charge on any atom is 0.254 e. The molecular weight excluding hydrogens is 534 g/mol. The Balaban J connectivity index is 1.24. The van der Waals surface area contributed by atoms with Crippen molar-refractivity contribution in [3.63, 3.8) is 0 Å². The van der Waals surface area contributed by atoms with Gasteiger partial charge in [0.25, 0.3) is 5.91 Å². The van der Waals surface area contributed by atoms with Crippen molar-refractivity contribution in [2.45, 2.75) is 25.3 Å². The van der Waals surface area contributed by atoms with Crippen LogP contribution in [0.2, 0.25) is 0 Å². The van der Waals surface area contributed by atoms with Gasteiger partial charge < -0.3 is 14.7 Å². The number of nitriles is 1. The normalized spacial score (nSPS) is 17.7. The second-order valence-corrected chi connectivity index (χ2v) is 13.1. The van der Waals surface area contributed by atoms with Crippen molar-refractivity contribution in [2.24, 2.45) is 0 Å². The molecule has 3 heterocycles. The molecule has 1 unspecified atom stereocenters. The maximum atomic E-state index is 13.7. The fourth-order valence-corrected chi connectivity index (χ4v) is 6.61. The van der Waals surface area contributed by atoms with Crippen molar-refractivity contribution in [3.8, 4) is 6.07 Å². The Labute approximate surface area is 243 Å². The second kappa shape index (κ2) is 11.9. The third kappa shape index (κ3) is 6.21. The van der Waals surface area contributed by atoms with Gasteiger partial charge in [0.15, 0.2) is 0 Å². The molecule has 1 aromatic heterocycles. The van der Waals surface area contributed by atoms with Crippen LogP contribution in [-0.4, -0.2) is 83.5 Å². The van der Waals surface area contributed by atoms with Crippen LogP contribution in [0.4, 0.5) is 11.5 Å². The Hall–Kier alpha value is -3.94. The highest BCUT2D eigenvalue weighted by molar-refractivity contribution is 7.91. The van der Waals surface area contributed by atoms with Crippen molar-refractivity contribution in [2.75, 3.05) is 68.4 Å². The van der Waals surface area contributed by atoms with E-state index in [0.29, 0.717) is 42.5 Å². The quantitative estimate of drug-likeness (QED) is 0.478. The zero-order valence-corrected chi connectivity index (χ0v) is 24.8. The standard InChI is InChI=1S/C31H37N7O2S/c1-23-19-24(2)27(20-26(23)22-35-11-13-36(14-12-35)28-8-5-4-7-25(28)21-32)31(39)38-17-15-37(16-18-38)30-29(41(3,33)40)9-6-10-34-30/h4-10,19-20,33H,11-18,22H2,1-3H3. The number of carbonyl (C=O) groups excluding carboxylic acids is 1. The van der Waals surface area contributed by atoms with Gasteiger partial charge in [0.2, 0.25) is 0 Å². The zero-order valence-electron chi connectivity index (χ0n) is 24.0. The molecule has 1 atom stereocenters. The molecular formula is C31H37N7O2S. The first-order valence-corrected chi connectivity index (χ1v) is 15.9. The van der Waals surface area contributed by atoms with Crippen LogP contribution >= 0.6 is 0 Å². The van der Waals surface area contributed by atoms with Gasteiger partial charge in [-0.25, -0.2) is 14.0 Å². The highest BCUT2D eigenvalue weighted by atomic mass is 32.2. The summed E-state index contributed by atoms with van der Waals surface area (Å²) in [5.41, 5.74) is 5.76. The molecule has 0 bridgehead atoms. The molecule has 2 aliphatic heterocycles. The number of hydrogen-bond donors (Lipinski definition) is 1. The summed E-state index contributed by atoms with van der Waals surface area (Å²) in [7, 11) is -2.91. The third-order valence-electron chi connectivity index (χ3n) is 8.08. The minimum absolute atomic E-state index is 0.0300. The van der Waals surface area contributed by atoms with Gasteiger partial charge in [-0.15, -0.1) is 0 Å². The molecule has 3 aromatic rings. The van der Waals surface area contributed by atoms with Crippen molar-refractivity contribution < 1.29 is 9.00 Å². The molecule has 0 saturated carbocycles. The van der Waals surface area contributed by atoms with E-state index in [1.54, 1.807) is 18.3 Å². The number of rotatable bonds is 6. The molecule has 1 N–H and O–H groups in total. The monoisotopic (exact) mass is 571 g/mol. The summed E-state index contributed by atoms with van der Waals surface area (Å²) in [5, 5.41) is 9.48. The Morgan fingerprint density at radius 3 is 2.32 bits per heavy atom. The number of nitrogens with zero attached hydrogens (tertiary/aromatic N) is 6. The number of carbonyl (C=O) groups is 1. The lowest BCUT2D eigenvalue weighted by molar-refractivity contribution is 0.0745. The lowest BCUT2D eigenvalue weighted by atomic mass is 9.98. The summed E-state index contributed by atoms with van der Waals surface area (Å²) in [6, 6.07) is 17.7. The van der Waals surface area contributed by atoms with Crippen molar-refractivity contribution in [1.29, 1.82) is 10.0 Å². The van der Waals surface area contributed by atoms with E-state index >= 15 is 0 Å². The summed E-state index contributed by atoms with van der Waals surface area (Å²) >= 11 is 0. The van der Waals surface area contributed by atoms with Crippen molar-refractivity contribution >= 4 is 27.1 Å². The molecule has 214 valence electrons. The fraction of sp³-hybridized carbons (Fsp3) is 0.387. The van der Waals surface area contributed by atoms with Crippen LogP contribution in [0.3, 0.4) is 0 Å². The fourth-order valence-electron chi connectivity index (χ4n) is 5.75. The molecule has 1 amide bonds. The van der Waals surface area contributed by atoms with Gasteiger partial charge in [0.05, 0.1) is 25.9 Å². The molecule has 41 heavy (non-hydrogen) atoms. The SMILES string of the molecule is Cc1cc(C)c(C(=O)N2CCN(c3ncccc3S(C)(=N)=O)CC2)cc1CN1CCN(c2ccccc2C#N)CC1. The Morgan fingerprint density at radius 2 is 1.63 bits per heavy atom. The predicted molar refractivity (Wildman–Crippen MR) is 162 cm³/mol. The van der Waals surface area contributed by atoms with E-state index in [9.17, 15) is 14.3 Å². The van der Waals surface area contributed by atoms with Crippen LogP contribution in [0.25, 0.3) is 0 Å². The number of anilines is 2. The lowest BCUT2D eigenvalue weighted by Crippen LogP contribution is -2.49. The summed E-state index contributed by atoms with van der Waals surface area (Å²) in [5.74, 6) is 0.606. The lowest BCUT2D eigenvalue weighted by Gasteiger charge is -2.37. The topological polar surface area (TPSA) is 108 Å². The molecule has 2 aliphatic rings. The van der Waals surface area contributed by atoms with E-state index < -0.39 is 9.73 Å². The van der Waals surface area contributed by atoms with E-state index in [4.69, 9.17) is 4.78 Å². The highest BCUT2D eigenvalue weighted by Gasteiger charge is 2.27.